The van der Waals surface area contributed by atoms with Gasteiger partial charge in [0, 0.05) is 34.9 Å². The number of hydrogen-bond acceptors (Lipinski definition) is 4. The number of esters is 1. The van der Waals surface area contributed by atoms with Crippen molar-refractivity contribution in [2.24, 2.45) is 5.73 Å². The smallest absolute Gasteiger partial charge is 0.333 e. The van der Waals surface area contributed by atoms with E-state index in [1.54, 1.807) is 19.3 Å². The Kier molecular flexibility index (Phi) is 4.35. The third-order valence-electron chi connectivity index (χ3n) is 2.52. The van der Waals surface area contributed by atoms with Crippen LogP contribution < -0.4 is 5.73 Å². The number of ether oxygens (including phenoxy) is 1. The molecule has 0 fully saturated rings. The van der Waals surface area contributed by atoms with Crippen molar-refractivity contribution < 1.29 is 9.53 Å². The first-order valence-corrected chi connectivity index (χ1v) is 6.09. The first-order valence-electron chi connectivity index (χ1n) is 6.09. The van der Waals surface area contributed by atoms with E-state index >= 15 is 0 Å². The molecule has 4 nitrogen and oxygen atoms in total. The van der Waals surface area contributed by atoms with E-state index in [0.717, 1.165) is 16.3 Å². The minimum Gasteiger partial charge on any atom is -0.449 e. The summed E-state index contributed by atoms with van der Waals surface area (Å²) in [6.07, 6.45) is 4.71. The van der Waals surface area contributed by atoms with Crippen LogP contribution in [0.4, 0.5) is 0 Å². The Bertz CT molecular complexity index is 715. The topological polar surface area (TPSA) is 65.2 Å². The molecule has 0 unspecified atom stereocenters. The van der Waals surface area contributed by atoms with Gasteiger partial charge in [0.15, 0.2) is 6.61 Å². The lowest BCUT2D eigenvalue weighted by Crippen LogP contribution is -2.04. The number of nitrogens with two attached hydrogens (primary N) is 1. The first-order chi connectivity index (χ1) is 9.66. The lowest BCUT2D eigenvalue weighted by atomic mass is 10.1. The van der Waals surface area contributed by atoms with Gasteiger partial charge in [-0.1, -0.05) is 36.1 Å². The van der Waals surface area contributed by atoms with Crippen LogP contribution in [0.5, 0.6) is 0 Å². The largest absolute Gasteiger partial charge is 0.449 e. The zero-order valence-electron chi connectivity index (χ0n) is 11.1. The molecule has 20 heavy (non-hydrogen) atoms. The standard InChI is InChI=1S/C16H14N2O2/c1-12(17)9-16(19)20-8-4-6-14-11-18-10-13-5-2-3-7-15(13)14/h2-3,5,7,9-11H,8,17H2,1H3/b12-9-. The quantitative estimate of drug-likeness (QED) is 0.513. The van der Waals surface area contributed by atoms with Crippen molar-refractivity contribution in [2.75, 3.05) is 6.61 Å². The van der Waals surface area contributed by atoms with E-state index in [4.69, 9.17) is 10.5 Å². The summed E-state index contributed by atoms with van der Waals surface area (Å²) in [5.41, 5.74) is 6.58. The molecule has 4 heteroatoms. The highest BCUT2D eigenvalue weighted by Gasteiger charge is 1.98. The molecule has 0 radical (unpaired) electrons. The lowest BCUT2D eigenvalue weighted by Gasteiger charge is -1.99. The van der Waals surface area contributed by atoms with Gasteiger partial charge in [0.25, 0.3) is 0 Å². The fraction of sp³-hybridized carbons (Fsp3) is 0.125. The van der Waals surface area contributed by atoms with E-state index in [-0.39, 0.29) is 6.61 Å². The Morgan fingerprint density at radius 2 is 2.20 bits per heavy atom. The summed E-state index contributed by atoms with van der Waals surface area (Å²) in [7, 11) is 0. The highest BCUT2D eigenvalue weighted by Crippen LogP contribution is 2.15. The Balaban J connectivity index is 2.08. The van der Waals surface area contributed by atoms with Gasteiger partial charge in [-0.05, 0) is 6.92 Å². The lowest BCUT2D eigenvalue weighted by molar-refractivity contribution is -0.136. The maximum atomic E-state index is 11.2. The number of hydrogen-bond donors (Lipinski definition) is 1. The van der Waals surface area contributed by atoms with Crippen LogP contribution in [0.15, 0.2) is 48.4 Å². The van der Waals surface area contributed by atoms with E-state index in [1.807, 2.05) is 24.3 Å². The van der Waals surface area contributed by atoms with Crippen LogP contribution in [0.25, 0.3) is 10.8 Å². The van der Waals surface area contributed by atoms with Gasteiger partial charge in [0.05, 0.1) is 5.56 Å². The first kappa shape index (κ1) is 13.6. The summed E-state index contributed by atoms with van der Waals surface area (Å²) < 4.78 is 4.90. The van der Waals surface area contributed by atoms with Crippen molar-refractivity contribution in [3.05, 3.63) is 54.0 Å². The highest BCUT2D eigenvalue weighted by atomic mass is 16.5. The van der Waals surface area contributed by atoms with Crippen molar-refractivity contribution in [1.29, 1.82) is 0 Å². The molecule has 0 aliphatic carbocycles. The van der Waals surface area contributed by atoms with Gasteiger partial charge in [0.1, 0.15) is 0 Å². The van der Waals surface area contributed by atoms with Gasteiger partial charge in [-0.15, -0.1) is 0 Å². The molecule has 0 saturated heterocycles. The van der Waals surface area contributed by atoms with E-state index in [0.29, 0.717) is 5.70 Å². The van der Waals surface area contributed by atoms with Crippen LogP contribution in [0, 0.1) is 11.8 Å². The number of carbonyl (C=O) groups excluding carboxylic acids is 1. The van der Waals surface area contributed by atoms with Crippen molar-refractivity contribution in [3.63, 3.8) is 0 Å². The molecule has 0 spiro atoms. The summed E-state index contributed by atoms with van der Waals surface area (Å²) in [4.78, 5) is 15.3. The molecule has 1 aromatic carbocycles. The third-order valence-corrected chi connectivity index (χ3v) is 2.52. The SMILES string of the molecule is C/C(N)=C/C(=O)OCC#Cc1cncc2ccccc12. The molecule has 2 N–H and O–H groups in total. The Morgan fingerprint density at radius 1 is 1.40 bits per heavy atom. The van der Waals surface area contributed by atoms with Crippen LogP contribution in [0.1, 0.15) is 12.5 Å². The van der Waals surface area contributed by atoms with Crippen LogP contribution in [-0.4, -0.2) is 17.6 Å². The fourth-order valence-electron chi connectivity index (χ4n) is 1.68. The molecule has 0 saturated carbocycles. The number of allylic oxidation sites excluding steroid dienone is 1. The number of rotatable bonds is 2. The van der Waals surface area contributed by atoms with E-state index < -0.39 is 5.97 Å². The Labute approximate surface area is 117 Å². The minimum atomic E-state index is -0.490. The zero-order valence-corrected chi connectivity index (χ0v) is 11.1. The fourth-order valence-corrected chi connectivity index (χ4v) is 1.68. The van der Waals surface area contributed by atoms with Gasteiger partial charge < -0.3 is 10.5 Å². The van der Waals surface area contributed by atoms with Crippen LogP contribution in [0.3, 0.4) is 0 Å². The molecular weight excluding hydrogens is 252 g/mol. The number of nitrogens with zero attached hydrogens (tertiary/aromatic N) is 1. The Morgan fingerprint density at radius 3 is 3.00 bits per heavy atom. The number of benzene rings is 1. The van der Waals surface area contributed by atoms with Gasteiger partial charge in [-0.25, -0.2) is 4.79 Å². The minimum absolute atomic E-state index is 0.0197. The molecule has 0 aliphatic rings. The van der Waals surface area contributed by atoms with Crippen molar-refractivity contribution >= 4 is 16.7 Å². The Hall–Kier alpha value is -2.80. The van der Waals surface area contributed by atoms with Crippen molar-refractivity contribution in [3.8, 4) is 11.8 Å². The van der Waals surface area contributed by atoms with E-state index in [1.165, 1.54) is 6.08 Å². The summed E-state index contributed by atoms with van der Waals surface area (Å²) in [5, 5.41) is 2.05. The molecule has 0 bridgehead atoms. The zero-order chi connectivity index (χ0) is 14.4. The molecule has 2 rings (SSSR count). The predicted octanol–water partition coefficient (Wildman–Crippen LogP) is 1.99. The van der Waals surface area contributed by atoms with Gasteiger partial charge in [-0.3, -0.25) is 4.98 Å². The average molecular weight is 266 g/mol. The van der Waals surface area contributed by atoms with Gasteiger partial charge in [0.2, 0.25) is 0 Å². The maximum absolute atomic E-state index is 11.2. The molecule has 100 valence electrons. The van der Waals surface area contributed by atoms with Gasteiger partial charge in [-0.2, -0.15) is 0 Å². The maximum Gasteiger partial charge on any atom is 0.333 e. The van der Waals surface area contributed by atoms with Gasteiger partial charge >= 0.3 is 5.97 Å². The van der Waals surface area contributed by atoms with Crippen LogP contribution in [-0.2, 0) is 9.53 Å². The molecule has 1 heterocycles. The highest BCUT2D eigenvalue weighted by molar-refractivity contribution is 5.87. The second-order valence-corrected chi connectivity index (χ2v) is 4.21. The molecule has 0 atom stereocenters. The molecule has 2 aromatic rings. The predicted molar refractivity (Wildman–Crippen MR) is 77.5 cm³/mol. The second kappa shape index (κ2) is 6.39. The van der Waals surface area contributed by atoms with Crippen molar-refractivity contribution in [2.45, 2.75) is 6.92 Å². The number of fused-ring (bicyclic) bond motifs is 1. The summed E-state index contributed by atoms with van der Waals surface area (Å²) in [6, 6.07) is 7.85. The number of carbonyl (C=O) groups is 1. The molecular formula is C16H14N2O2. The molecule has 0 amide bonds. The van der Waals surface area contributed by atoms with E-state index in [2.05, 4.69) is 16.8 Å². The van der Waals surface area contributed by atoms with E-state index in [9.17, 15) is 4.79 Å². The number of aromatic nitrogens is 1. The summed E-state index contributed by atoms with van der Waals surface area (Å²) in [6.45, 7) is 1.64. The molecule has 0 aliphatic heterocycles. The summed E-state index contributed by atoms with van der Waals surface area (Å²) in [5.74, 6) is 5.26. The second-order valence-electron chi connectivity index (χ2n) is 4.21. The average Bonchev–Trinajstić information content (AvgIpc) is 2.43. The van der Waals surface area contributed by atoms with Crippen LogP contribution >= 0.6 is 0 Å². The number of pyridine rings is 1. The van der Waals surface area contributed by atoms with Crippen molar-refractivity contribution in [1.82, 2.24) is 4.98 Å². The summed E-state index contributed by atoms with van der Waals surface area (Å²) >= 11 is 0. The monoisotopic (exact) mass is 266 g/mol. The normalized spacial score (nSPS) is 10.8. The third kappa shape index (κ3) is 3.59. The van der Waals surface area contributed by atoms with Crippen LogP contribution in [0.2, 0.25) is 0 Å². The molecule has 1 aromatic heterocycles.